The second-order valence-corrected chi connectivity index (χ2v) is 1.00. The van der Waals surface area contributed by atoms with Gasteiger partial charge < -0.3 is 5.32 Å². The molecule has 3 nitrogen and oxygen atoms in total. The molecule has 0 aliphatic heterocycles. The van der Waals surface area contributed by atoms with Gasteiger partial charge in [-0.05, 0) is 0 Å². The van der Waals surface area contributed by atoms with Gasteiger partial charge in [0.25, 0.3) is 0 Å². The van der Waals surface area contributed by atoms with Crippen LogP contribution in [0.15, 0.2) is 12.3 Å². The zero-order valence-corrected chi connectivity index (χ0v) is 4.26. The van der Waals surface area contributed by atoms with Crippen LogP contribution in [0, 0.1) is 22.7 Å². The molecule has 0 aliphatic rings. The number of allylic oxidation sites excluding steroid dienone is 1. The van der Waals surface area contributed by atoms with Crippen molar-refractivity contribution in [3.63, 3.8) is 0 Å². The first-order valence-corrected chi connectivity index (χ1v) is 2.07. The summed E-state index contributed by atoms with van der Waals surface area (Å²) in [4.78, 5) is 0. The van der Waals surface area contributed by atoms with Crippen LogP contribution < -0.4 is 5.32 Å². The summed E-state index contributed by atoms with van der Waals surface area (Å²) in [6.45, 7) is 0.248. The SMILES string of the molecule is N#CC=CNCC#N. The third-order valence-corrected chi connectivity index (χ3v) is 0.457. The molecule has 0 unspecified atom stereocenters. The monoisotopic (exact) mass is 107 g/mol. The fourth-order valence-electron chi connectivity index (χ4n) is 0.201. The molecule has 0 aromatic rings. The van der Waals surface area contributed by atoms with Crippen molar-refractivity contribution in [2.45, 2.75) is 0 Å². The van der Waals surface area contributed by atoms with Crippen molar-refractivity contribution >= 4 is 0 Å². The quantitative estimate of drug-likeness (QED) is 0.310. The van der Waals surface area contributed by atoms with E-state index in [9.17, 15) is 0 Å². The Balaban J connectivity index is 3.10. The molecule has 0 amide bonds. The Labute approximate surface area is 47.8 Å². The van der Waals surface area contributed by atoms with E-state index in [0.717, 1.165) is 0 Å². The molecule has 0 spiro atoms. The summed E-state index contributed by atoms with van der Waals surface area (Å²) >= 11 is 0. The Bertz CT molecular complexity index is 146. The minimum absolute atomic E-state index is 0.248. The van der Waals surface area contributed by atoms with E-state index in [1.54, 1.807) is 6.07 Å². The Kier molecular flexibility index (Phi) is 4.50. The third kappa shape index (κ3) is 4.52. The molecule has 0 fully saturated rings. The van der Waals surface area contributed by atoms with E-state index >= 15 is 0 Å². The topological polar surface area (TPSA) is 59.6 Å². The highest BCUT2D eigenvalue weighted by molar-refractivity contribution is 5.00. The summed E-state index contributed by atoms with van der Waals surface area (Å²) in [6, 6.07) is 3.63. The van der Waals surface area contributed by atoms with Crippen molar-refractivity contribution in [2.75, 3.05) is 6.54 Å². The first kappa shape index (κ1) is 6.52. The zero-order valence-electron chi connectivity index (χ0n) is 4.26. The van der Waals surface area contributed by atoms with E-state index < -0.39 is 0 Å². The molecule has 0 heterocycles. The van der Waals surface area contributed by atoms with Gasteiger partial charge in [0.05, 0.1) is 12.1 Å². The lowest BCUT2D eigenvalue weighted by Crippen LogP contribution is -2.02. The van der Waals surface area contributed by atoms with Gasteiger partial charge in [-0.3, -0.25) is 0 Å². The standard InChI is InChI=1S/C5H5N3/c6-2-1-4-8-5-3-7/h1,4,8H,5H2. The molecule has 0 atom stereocenters. The van der Waals surface area contributed by atoms with Gasteiger partial charge in [0, 0.05) is 12.3 Å². The maximum Gasteiger partial charge on any atom is 0.102 e. The van der Waals surface area contributed by atoms with Crippen LogP contribution in [0.3, 0.4) is 0 Å². The fraction of sp³-hybridized carbons (Fsp3) is 0.200. The van der Waals surface area contributed by atoms with Gasteiger partial charge in [0.15, 0.2) is 0 Å². The van der Waals surface area contributed by atoms with E-state index in [-0.39, 0.29) is 6.54 Å². The van der Waals surface area contributed by atoms with E-state index in [2.05, 4.69) is 5.32 Å². The molecule has 1 N–H and O–H groups in total. The number of nitrogens with one attached hydrogen (secondary N) is 1. The van der Waals surface area contributed by atoms with Crippen LogP contribution in [0.4, 0.5) is 0 Å². The third-order valence-electron chi connectivity index (χ3n) is 0.457. The molecular formula is C5H5N3. The number of nitriles is 2. The maximum absolute atomic E-state index is 7.94. The highest BCUT2D eigenvalue weighted by Gasteiger charge is 1.68. The molecule has 0 radical (unpaired) electrons. The minimum Gasteiger partial charge on any atom is -0.378 e. The van der Waals surface area contributed by atoms with Crippen molar-refractivity contribution in [3.05, 3.63) is 12.3 Å². The molecule has 0 bridgehead atoms. The second kappa shape index (κ2) is 5.52. The lowest BCUT2D eigenvalue weighted by molar-refractivity contribution is 0.994. The molecular weight excluding hydrogens is 102 g/mol. The summed E-state index contributed by atoms with van der Waals surface area (Å²) in [7, 11) is 0. The van der Waals surface area contributed by atoms with Crippen LogP contribution in [-0.2, 0) is 0 Å². The van der Waals surface area contributed by atoms with Crippen molar-refractivity contribution in [1.29, 1.82) is 10.5 Å². The normalized spacial score (nSPS) is 7.75. The van der Waals surface area contributed by atoms with Crippen molar-refractivity contribution in [3.8, 4) is 12.1 Å². The molecule has 8 heavy (non-hydrogen) atoms. The van der Waals surface area contributed by atoms with Crippen LogP contribution in [-0.4, -0.2) is 6.54 Å². The van der Waals surface area contributed by atoms with E-state index in [0.29, 0.717) is 0 Å². The van der Waals surface area contributed by atoms with Gasteiger partial charge in [-0.1, -0.05) is 0 Å². The van der Waals surface area contributed by atoms with Crippen LogP contribution in [0.2, 0.25) is 0 Å². The summed E-state index contributed by atoms with van der Waals surface area (Å²) in [5, 5.41) is 18.4. The Hall–Kier alpha value is -1.48. The van der Waals surface area contributed by atoms with Gasteiger partial charge >= 0.3 is 0 Å². The van der Waals surface area contributed by atoms with Crippen LogP contribution >= 0.6 is 0 Å². The predicted molar refractivity (Wildman–Crippen MR) is 28.4 cm³/mol. The van der Waals surface area contributed by atoms with E-state index in [4.69, 9.17) is 10.5 Å². The molecule has 3 heteroatoms. The van der Waals surface area contributed by atoms with Gasteiger partial charge in [-0.15, -0.1) is 0 Å². The van der Waals surface area contributed by atoms with Crippen LogP contribution in [0.25, 0.3) is 0 Å². The first-order chi connectivity index (χ1) is 3.91. The Morgan fingerprint density at radius 1 is 1.50 bits per heavy atom. The minimum atomic E-state index is 0.248. The molecule has 40 valence electrons. The maximum atomic E-state index is 7.94. The Morgan fingerprint density at radius 3 is 2.75 bits per heavy atom. The van der Waals surface area contributed by atoms with Crippen molar-refractivity contribution in [1.82, 2.24) is 5.32 Å². The van der Waals surface area contributed by atoms with Gasteiger partial charge in [0.1, 0.15) is 6.54 Å². The average molecular weight is 107 g/mol. The summed E-state index contributed by atoms with van der Waals surface area (Å²) < 4.78 is 0. The summed E-state index contributed by atoms with van der Waals surface area (Å²) in [5.41, 5.74) is 0. The van der Waals surface area contributed by atoms with Gasteiger partial charge in [0.2, 0.25) is 0 Å². The lowest BCUT2D eigenvalue weighted by atomic mass is 10.6. The molecule has 0 aromatic carbocycles. The first-order valence-electron chi connectivity index (χ1n) is 2.07. The van der Waals surface area contributed by atoms with Crippen molar-refractivity contribution in [2.24, 2.45) is 0 Å². The van der Waals surface area contributed by atoms with E-state index in [1.807, 2.05) is 6.07 Å². The Morgan fingerprint density at radius 2 is 2.25 bits per heavy atom. The van der Waals surface area contributed by atoms with Crippen LogP contribution in [0.1, 0.15) is 0 Å². The van der Waals surface area contributed by atoms with E-state index in [1.165, 1.54) is 12.3 Å². The zero-order chi connectivity index (χ0) is 6.24. The molecule has 0 rings (SSSR count). The molecule has 0 saturated carbocycles. The number of hydrogen-bond acceptors (Lipinski definition) is 3. The van der Waals surface area contributed by atoms with Crippen LogP contribution in [0.5, 0.6) is 0 Å². The molecule has 0 saturated heterocycles. The number of rotatable bonds is 2. The summed E-state index contributed by atoms with van der Waals surface area (Å²) in [5.74, 6) is 0. The number of hydrogen-bond donors (Lipinski definition) is 1. The highest BCUT2D eigenvalue weighted by Crippen LogP contribution is 1.60. The highest BCUT2D eigenvalue weighted by atomic mass is 14.8. The number of nitrogens with zero attached hydrogens (tertiary/aromatic N) is 2. The fourth-order valence-corrected chi connectivity index (χ4v) is 0.201. The predicted octanol–water partition coefficient (Wildman–Crippen LogP) is 0.137. The smallest absolute Gasteiger partial charge is 0.102 e. The second-order valence-electron chi connectivity index (χ2n) is 1.00. The lowest BCUT2D eigenvalue weighted by Gasteiger charge is -1.82. The van der Waals surface area contributed by atoms with Gasteiger partial charge in [-0.2, -0.15) is 10.5 Å². The molecule has 0 aliphatic carbocycles. The van der Waals surface area contributed by atoms with Crippen molar-refractivity contribution < 1.29 is 0 Å². The molecule has 0 aromatic heterocycles. The summed E-state index contributed by atoms with van der Waals surface area (Å²) in [6.07, 6.45) is 2.71. The largest absolute Gasteiger partial charge is 0.378 e. The average Bonchev–Trinajstić information content (AvgIpc) is 1.81. The van der Waals surface area contributed by atoms with Gasteiger partial charge in [-0.25, -0.2) is 0 Å².